The van der Waals surface area contributed by atoms with E-state index < -0.39 is 0 Å². The van der Waals surface area contributed by atoms with E-state index in [0.29, 0.717) is 66.6 Å². The number of methoxy groups -OCH3 is 2. The predicted molar refractivity (Wildman–Crippen MR) is 145 cm³/mol. The van der Waals surface area contributed by atoms with Crippen molar-refractivity contribution < 1.29 is 23.9 Å². The normalized spacial score (nSPS) is 15.2. The number of hydrogen-bond donors (Lipinski definition) is 1. The van der Waals surface area contributed by atoms with Crippen LogP contribution in [0.3, 0.4) is 0 Å². The maximum absolute atomic E-state index is 13.2. The fraction of sp³-hybridized carbons (Fsp3) is 0.276. The van der Waals surface area contributed by atoms with Crippen LogP contribution in [0.15, 0.2) is 60.7 Å². The molecule has 3 aromatic rings. The molecule has 2 heterocycles. The summed E-state index contributed by atoms with van der Waals surface area (Å²) < 4.78 is 10.6. The highest BCUT2D eigenvalue weighted by Gasteiger charge is 2.31. The fourth-order valence-corrected chi connectivity index (χ4v) is 4.97. The summed E-state index contributed by atoms with van der Waals surface area (Å²) in [6.07, 6.45) is 0.843. The van der Waals surface area contributed by atoms with Gasteiger partial charge in [0.15, 0.2) is 11.5 Å². The first kappa shape index (κ1) is 25.1. The minimum Gasteiger partial charge on any atom is -0.493 e. The Bertz CT molecular complexity index is 1380. The van der Waals surface area contributed by atoms with Gasteiger partial charge in [-0.25, -0.2) is 4.90 Å². The summed E-state index contributed by atoms with van der Waals surface area (Å²) in [4.78, 5) is 44.3. The molecule has 0 unspecified atom stereocenters. The number of piperazine rings is 1. The summed E-state index contributed by atoms with van der Waals surface area (Å²) in [6.45, 7) is 2.49. The molecule has 0 atom stereocenters. The molecule has 0 spiro atoms. The summed E-state index contributed by atoms with van der Waals surface area (Å²) in [5, 5.41) is 0. The monoisotopic (exact) mass is 514 g/mol. The van der Waals surface area contributed by atoms with Crippen molar-refractivity contribution in [1.82, 2.24) is 4.90 Å². The van der Waals surface area contributed by atoms with Crippen LogP contribution in [0.4, 0.5) is 17.1 Å². The molecular weight excluding hydrogens is 484 g/mol. The third kappa shape index (κ3) is 4.74. The second-order valence-corrected chi connectivity index (χ2v) is 9.32. The molecule has 196 valence electrons. The van der Waals surface area contributed by atoms with E-state index >= 15 is 0 Å². The SMILES string of the molecule is COc1ccc(C(=O)N2CCN(c3ccc4c(c3)CCC(=O)N4C(=O)c3ccc(N)cc3)CC2)cc1OC. The molecular formula is C29H30N4O5. The Kier molecular flexibility index (Phi) is 6.91. The van der Waals surface area contributed by atoms with Crippen LogP contribution >= 0.6 is 0 Å². The first-order valence-electron chi connectivity index (χ1n) is 12.5. The van der Waals surface area contributed by atoms with Crippen molar-refractivity contribution in [3.8, 4) is 11.5 Å². The Labute approximate surface area is 221 Å². The summed E-state index contributed by atoms with van der Waals surface area (Å²) in [6, 6.07) is 17.6. The zero-order valence-electron chi connectivity index (χ0n) is 21.5. The van der Waals surface area contributed by atoms with Crippen molar-refractivity contribution in [3.05, 3.63) is 77.4 Å². The molecule has 2 aliphatic rings. The molecule has 5 rings (SSSR count). The molecule has 0 bridgehead atoms. The Hall–Kier alpha value is -4.53. The number of benzene rings is 3. The number of anilines is 3. The van der Waals surface area contributed by atoms with Gasteiger partial charge in [0.2, 0.25) is 5.91 Å². The maximum Gasteiger partial charge on any atom is 0.265 e. The van der Waals surface area contributed by atoms with Crippen molar-refractivity contribution in [2.75, 3.05) is 55.9 Å². The number of aryl methyl sites for hydroxylation is 1. The molecule has 3 amide bonds. The number of nitrogens with zero attached hydrogens (tertiary/aromatic N) is 3. The first-order valence-corrected chi connectivity index (χ1v) is 12.5. The number of fused-ring (bicyclic) bond motifs is 1. The van der Waals surface area contributed by atoms with Gasteiger partial charge in [-0.15, -0.1) is 0 Å². The average Bonchev–Trinajstić information content (AvgIpc) is 2.96. The van der Waals surface area contributed by atoms with E-state index in [-0.39, 0.29) is 24.1 Å². The zero-order valence-corrected chi connectivity index (χ0v) is 21.5. The lowest BCUT2D eigenvalue weighted by atomic mass is 9.99. The van der Waals surface area contributed by atoms with E-state index in [9.17, 15) is 14.4 Å². The van der Waals surface area contributed by atoms with E-state index in [0.717, 1.165) is 11.3 Å². The Morgan fingerprint density at radius 3 is 2.13 bits per heavy atom. The van der Waals surface area contributed by atoms with Crippen molar-refractivity contribution in [2.45, 2.75) is 12.8 Å². The highest BCUT2D eigenvalue weighted by molar-refractivity contribution is 6.22. The van der Waals surface area contributed by atoms with Gasteiger partial charge in [-0.05, 0) is 72.6 Å². The van der Waals surface area contributed by atoms with Gasteiger partial charge in [-0.1, -0.05) is 0 Å². The van der Waals surface area contributed by atoms with Crippen molar-refractivity contribution in [1.29, 1.82) is 0 Å². The lowest BCUT2D eigenvalue weighted by Gasteiger charge is -2.37. The van der Waals surface area contributed by atoms with Crippen LogP contribution in [0.1, 0.15) is 32.7 Å². The van der Waals surface area contributed by atoms with Crippen molar-refractivity contribution >= 4 is 34.8 Å². The second-order valence-electron chi connectivity index (χ2n) is 9.32. The van der Waals surface area contributed by atoms with Crippen LogP contribution in [-0.2, 0) is 11.2 Å². The predicted octanol–water partition coefficient (Wildman–Crippen LogP) is 3.37. The number of ether oxygens (including phenoxy) is 2. The number of rotatable bonds is 5. The molecule has 9 heteroatoms. The van der Waals surface area contributed by atoms with Gasteiger partial charge in [0.25, 0.3) is 11.8 Å². The number of carbonyl (C=O) groups excluding carboxylic acids is 3. The van der Waals surface area contributed by atoms with Gasteiger partial charge in [0.1, 0.15) is 0 Å². The lowest BCUT2D eigenvalue weighted by molar-refractivity contribution is -0.118. The summed E-state index contributed by atoms with van der Waals surface area (Å²) in [5.74, 6) is 0.483. The maximum atomic E-state index is 13.2. The topological polar surface area (TPSA) is 105 Å². The molecule has 0 saturated carbocycles. The highest BCUT2D eigenvalue weighted by atomic mass is 16.5. The lowest BCUT2D eigenvalue weighted by Crippen LogP contribution is -2.49. The molecule has 1 fully saturated rings. The number of imide groups is 1. The minimum atomic E-state index is -0.356. The first-order chi connectivity index (χ1) is 18.4. The Morgan fingerprint density at radius 2 is 1.45 bits per heavy atom. The smallest absolute Gasteiger partial charge is 0.265 e. The van der Waals surface area contributed by atoms with Crippen LogP contribution in [0, 0.1) is 0 Å². The second kappa shape index (κ2) is 10.5. The van der Waals surface area contributed by atoms with E-state index in [1.807, 2.05) is 17.0 Å². The number of amides is 3. The van der Waals surface area contributed by atoms with Crippen LogP contribution in [0.5, 0.6) is 11.5 Å². The fourth-order valence-electron chi connectivity index (χ4n) is 4.97. The average molecular weight is 515 g/mol. The summed E-state index contributed by atoms with van der Waals surface area (Å²) >= 11 is 0. The summed E-state index contributed by atoms with van der Waals surface area (Å²) in [7, 11) is 3.11. The van der Waals surface area contributed by atoms with Gasteiger partial charge in [-0.2, -0.15) is 0 Å². The number of hydrogen-bond acceptors (Lipinski definition) is 7. The van der Waals surface area contributed by atoms with Gasteiger partial charge >= 0.3 is 0 Å². The van der Waals surface area contributed by atoms with Gasteiger partial charge in [0, 0.05) is 55.1 Å². The van der Waals surface area contributed by atoms with Crippen LogP contribution in [0.2, 0.25) is 0 Å². The third-order valence-electron chi connectivity index (χ3n) is 7.08. The highest BCUT2D eigenvalue weighted by Crippen LogP contribution is 2.33. The van der Waals surface area contributed by atoms with Crippen molar-refractivity contribution in [3.63, 3.8) is 0 Å². The largest absolute Gasteiger partial charge is 0.493 e. The molecule has 9 nitrogen and oxygen atoms in total. The molecule has 3 aromatic carbocycles. The molecule has 2 aliphatic heterocycles. The number of nitrogens with two attached hydrogens (primary N) is 1. The zero-order chi connectivity index (χ0) is 26.8. The van der Waals surface area contributed by atoms with Crippen LogP contribution in [0.25, 0.3) is 0 Å². The van der Waals surface area contributed by atoms with Gasteiger partial charge in [-0.3, -0.25) is 14.4 Å². The van der Waals surface area contributed by atoms with Gasteiger partial charge < -0.3 is 25.0 Å². The quantitative estimate of drug-likeness (QED) is 0.411. The molecule has 0 aromatic heterocycles. The molecule has 38 heavy (non-hydrogen) atoms. The van der Waals surface area contributed by atoms with E-state index in [1.165, 1.54) is 4.90 Å². The van der Waals surface area contributed by atoms with E-state index in [1.54, 1.807) is 56.7 Å². The Morgan fingerprint density at radius 1 is 0.763 bits per heavy atom. The van der Waals surface area contributed by atoms with Crippen LogP contribution < -0.4 is 25.0 Å². The van der Waals surface area contributed by atoms with Gasteiger partial charge in [0.05, 0.1) is 19.9 Å². The Balaban J connectivity index is 1.29. The van der Waals surface area contributed by atoms with E-state index in [2.05, 4.69) is 11.0 Å². The standard InChI is InChI=1S/C29H30N4O5/c1-37-25-11-5-21(18-26(25)38-2)28(35)32-15-13-31(14-16-32)23-9-10-24-20(17-23)6-12-27(34)33(24)29(36)19-3-7-22(30)8-4-19/h3-5,7-11,17-18H,6,12-16,30H2,1-2H3. The molecule has 0 aliphatic carbocycles. The number of nitrogen functional groups attached to an aromatic ring is 1. The molecule has 1 saturated heterocycles. The van der Waals surface area contributed by atoms with Crippen molar-refractivity contribution in [2.24, 2.45) is 0 Å². The van der Waals surface area contributed by atoms with E-state index in [4.69, 9.17) is 15.2 Å². The number of carbonyl (C=O) groups is 3. The van der Waals surface area contributed by atoms with Crippen LogP contribution in [-0.4, -0.2) is 63.0 Å². The molecule has 0 radical (unpaired) electrons. The third-order valence-corrected chi connectivity index (χ3v) is 7.08. The summed E-state index contributed by atoms with van der Waals surface area (Å²) in [5.41, 5.74) is 9.86. The molecule has 2 N–H and O–H groups in total. The minimum absolute atomic E-state index is 0.0496.